The van der Waals surface area contributed by atoms with Gasteiger partial charge in [0.1, 0.15) is 18.0 Å². The summed E-state index contributed by atoms with van der Waals surface area (Å²) < 4.78 is 6.21. The van der Waals surface area contributed by atoms with E-state index in [0.29, 0.717) is 19.3 Å². The van der Waals surface area contributed by atoms with Crippen molar-refractivity contribution in [1.82, 2.24) is 0 Å². The molecule has 2 saturated carbocycles. The monoisotopic (exact) mass is 398 g/mol. The van der Waals surface area contributed by atoms with E-state index in [-0.39, 0.29) is 30.3 Å². The van der Waals surface area contributed by atoms with Crippen LogP contribution in [0.4, 0.5) is 0 Å². The molecule has 5 heteroatoms. The van der Waals surface area contributed by atoms with E-state index >= 15 is 0 Å². The van der Waals surface area contributed by atoms with Crippen LogP contribution in [0.3, 0.4) is 0 Å². The molecule has 1 heterocycles. The third-order valence-electron chi connectivity index (χ3n) is 6.76. The molecular weight excluding hydrogens is 368 g/mol. The third-order valence-corrected chi connectivity index (χ3v) is 6.76. The lowest BCUT2D eigenvalue weighted by molar-refractivity contribution is -0.137. The lowest BCUT2D eigenvalue weighted by Gasteiger charge is -2.23. The molecule has 1 aromatic carbocycles. The Hall–Kier alpha value is -2.03. The minimum absolute atomic E-state index is 0.00507. The maximum absolute atomic E-state index is 10.8. The molecule has 0 saturated heterocycles. The van der Waals surface area contributed by atoms with Gasteiger partial charge in [0.05, 0.1) is 12.0 Å². The second-order valence-corrected chi connectivity index (χ2v) is 8.73. The molecule has 5 unspecified atom stereocenters. The number of aliphatic hydroxyl groups is 2. The molecule has 1 aliphatic heterocycles. The van der Waals surface area contributed by atoms with E-state index in [9.17, 15) is 15.0 Å². The number of hydrogen-bond donors (Lipinski definition) is 3. The van der Waals surface area contributed by atoms with Crippen molar-refractivity contribution >= 4 is 5.97 Å². The van der Waals surface area contributed by atoms with Gasteiger partial charge in [0.15, 0.2) is 0 Å². The predicted octanol–water partition coefficient (Wildman–Crippen LogP) is 3.26. The Bertz CT molecular complexity index is 801. The first-order valence-corrected chi connectivity index (χ1v) is 10.9. The van der Waals surface area contributed by atoms with Crippen LogP contribution in [0.5, 0.6) is 5.75 Å². The molecule has 0 aromatic heterocycles. The fourth-order valence-corrected chi connectivity index (χ4v) is 5.24. The largest absolute Gasteiger partial charge is 0.489 e. The maximum atomic E-state index is 10.8. The SMILES string of the molecule is O=C(O)CCCc1cccc2c1OC1CC(O)C(C#CC(O)C3CCCCC3)C21. The van der Waals surface area contributed by atoms with Crippen LogP contribution >= 0.6 is 0 Å². The first kappa shape index (κ1) is 20.3. The van der Waals surface area contributed by atoms with E-state index < -0.39 is 18.2 Å². The Morgan fingerprint density at radius 2 is 2.03 bits per heavy atom. The standard InChI is InChI=1S/C24H30O5/c25-19(15-6-2-1-3-7-15)13-12-17-20(26)14-21-23(17)18-10-4-8-16(24(18)29-21)9-5-11-22(27)28/h4,8,10,15,17,19-21,23,25-26H,1-3,5-7,9,11,14H2,(H,27,28). The van der Waals surface area contributed by atoms with Crippen LogP contribution in [0.25, 0.3) is 0 Å². The summed E-state index contributed by atoms with van der Waals surface area (Å²) in [6, 6.07) is 6.00. The van der Waals surface area contributed by atoms with E-state index in [4.69, 9.17) is 9.84 Å². The molecule has 29 heavy (non-hydrogen) atoms. The summed E-state index contributed by atoms with van der Waals surface area (Å²) in [6.07, 6.45) is 6.25. The number of aryl methyl sites for hydroxylation is 1. The zero-order valence-electron chi connectivity index (χ0n) is 16.7. The van der Waals surface area contributed by atoms with Crippen LogP contribution < -0.4 is 4.74 Å². The summed E-state index contributed by atoms with van der Waals surface area (Å²) >= 11 is 0. The summed E-state index contributed by atoms with van der Waals surface area (Å²) in [5.74, 6) is 6.34. The van der Waals surface area contributed by atoms with Crippen molar-refractivity contribution < 1.29 is 24.9 Å². The molecule has 3 aliphatic rings. The molecule has 1 aromatic rings. The van der Waals surface area contributed by atoms with Crippen LogP contribution in [0, 0.1) is 23.7 Å². The van der Waals surface area contributed by atoms with Crippen LogP contribution in [-0.2, 0) is 11.2 Å². The first-order chi connectivity index (χ1) is 14.0. The molecule has 0 amide bonds. The van der Waals surface area contributed by atoms with Gasteiger partial charge in [-0.25, -0.2) is 0 Å². The second kappa shape index (κ2) is 8.77. The minimum Gasteiger partial charge on any atom is -0.489 e. The second-order valence-electron chi connectivity index (χ2n) is 8.73. The van der Waals surface area contributed by atoms with Crippen LogP contribution in [0.1, 0.15) is 68.4 Å². The molecule has 0 radical (unpaired) electrons. The molecule has 5 nitrogen and oxygen atoms in total. The maximum Gasteiger partial charge on any atom is 0.303 e. The summed E-state index contributed by atoms with van der Waals surface area (Å²) in [5, 5.41) is 30.0. The van der Waals surface area contributed by atoms with Crippen LogP contribution in [0.15, 0.2) is 18.2 Å². The van der Waals surface area contributed by atoms with Crippen molar-refractivity contribution in [2.45, 2.75) is 82.0 Å². The number of aliphatic carboxylic acids is 1. The highest BCUT2D eigenvalue weighted by Gasteiger charge is 2.49. The summed E-state index contributed by atoms with van der Waals surface area (Å²) in [7, 11) is 0. The molecule has 5 atom stereocenters. The molecule has 0 bridgehead atoms. The molecule has 3 N–H and O–H groups in total. The first-order valence-electron chi connectivity index (χ1n) is 10.9. The highest BCUT2D eigenvalue weighted by atomic mass is 16.5. The molecule has 156 valence electrons. The number of ether oxygens (including phenoxy) is 1. The average molecular weight is 398 g/mol. The fourth-order valence-electron chi connectivity index (χ4n) is 5.24. The van der Waals surface area contributed by atoms with Gasteiger partial charge in [-0.05, 0) is 37.2 Å². The van der Waals surface area contributed by atoms with Gasteiger partial charge < -0.3 is 20.1 Å². The number of hydrogen-bond acceptors (Lipinski definition) is 4. The Balaban J connectivity index is 1.51. The molecule has 0 spiro atoms. The molecule has 4 rings (SSSR count). The summed E-state index contributed by atoms with van der Waals surface area (Å²) in [4.78, 5) is 10.8. The predicted molar refractivity (Wildman–Crippen MR) is 109 cm³/mol. The van der Waals surface area contributed by atoms with Gasteiger partial charge in [0.2, 0.25) is 0 Å². The Morgan fingerprint density at radius 1 is 1.24 bits per heavy atom. The van der Waals surface area contributed by atoms with E-state index in [1.54, 1.807) is 0 Å². The van der Waals surface area contributed by atoms with E-state index in [0.717, 1.165) is 42.6 Å². The number of aliphatic hydroxyl groups excluding tert-OH is 2. The number of para-hydroxylation sites is 1. The van der Waals surface area contributed by atoms with Gasteiger partial charge in [-0.15, -0.1) is 0 Å². The van der Waals surface area contributed by atoms with Gasteiger partial charge >= 0.3 is 5.97 Å². The van der Waals surface area contributed by atoms with Gasteiger partial charge in [-0.1, -0.05) is 49.3 Å². The van der Waals surface area contributed by atoms with Crippen molar-refractivity contribution in [2.24, 2.45) is 11.8 Å². The molecule has 2 fully saturated rings. The lowest BCUT2D eigenvalue weighted by Crippen LogP contribution is -2.22. The average Bonchev–Trinajstić information content (AvgIpc) is 3.22. The van der Waals surface area contributed by atoms with Crippen molar-refractivity contribution in [3.05, 3.63) is 29.3 Å². The van der Waals surface area contributed by atoms with Crippen molar-refractivity contribution in [3.8, 4) is 17.6 Å². The molecule has 2 aliphatic carbocycles. The highest BCUT2D eigenvalue weighted by molar-refractivity contribution is 5.66. The van der Waals surface area contributed by atoms with E-state index in [2.05, 4.69) is 11.8 Å². The lowest BCUT2D eigenvalue weighted by atomic mass is 9.84. The van der Waals surface area contributed by atoms with E-state index in [1.807, 2.05) is 18.2 Å². The van der Waals surface area contributed by atoms with E-state index in [1.165, 1.54) is 6.42 Å². The van der Waals surface area contributed by atoms with Gasteiger partial charge in [-0.2, -0.15) is 0 Å². The Labute approximate surface area is 172 Å². The molecular formula is C24H30O5. The number of rotatable bonds is 5. The summed E-state index contributed by atoms with van der Waals surface area (Å²) in [6.45, 7) is 0. The topological polar surface area (TPSA) is 87.0 Å². The number of benzene rings is 1. The Morgan fingerprint density at radius 3 is 2.79 bits per heavy atom. The third kappa shape index (κ3) is 4.29. The van der Waals surface area contributed by atoms with Gasteiger partial charge in [0, 0.05) is 24.3 Å². The normalized spacial score (nSPS) is 29.3. The number of carbonyl (C=O) groups is 1. The van der Waals surface area contributed by atoms with Crippen LogP contribution in [0.2, 0.25) is 0 Å². The number of carboxylic acid groups (broad SMARTS) is 1. The minimum atomic E-state index is -0.787. The van der Waals surface area contributed by atoms with Crippen molar-refractivity contribution in [1.29, 1.82) is 0 Å². The van der Waals surface area contributed by atoms with Crippen LogP contribution in [-0.4, -0.2) is 39.6 Å². The number of carboxylic acids is 1. The smallest absolute Gasteiger partial charge is 0.303 e. The number of fused-ring (bicyclic) bond motifs is 3. The quantitative estimate of drug-likeness (QED) is 0.663. The van der Waals surface area contributed by atoms with Gasteiger partial charge in [-0.3, -0.25) is 4.79 Å². The van der Waals surface area contributed by atoms with Crippen molar-refractivity contribution in [2.75, 3.05) is 0 Å². The zero-order chi connectivity index (χ0) is 20.4. The van der Waals surface area contributed by atoms with Gasteiger partial charge in [0.25, 0.3) is 0 Å². The van der Waals surface area contributed by atoms with Crippen molar-refractivity contribution in [3.63, 3.8) is 0 Å². The zero-order valence-corrected chi connectivity index (χ0v) is 16.7. The Kier molecular flexibility index (Phi) is 6.12. The summed E-state index contributed by atoms with van der Waals surface area (Å²) in [5.41, 5.74) is 2.09. The highest BCUT2D eigenvalue weighted by Crippen LogP contribution is 2.51. The fraction of sp³-hybridized carbons (Fsp3) is 0.625.